The molecule has 5 atom stereocenters. The molecule has 0 heterocycles. The minimum Gasteiger partial charge on any atom is -0.481 e. The lowest BCUT2D eigenvalue weighted by molar-refractivity contribution is -0.150. The van der Waals surface area contributed by atoms with E-state index >= 15 is 0 Å². The molecule has 0 aromatic heterocycles. The normalized spacial score (nSPS) is 33.7. The summed E-state index contributed by atoms with van der Waals surface area (Å²) in [4.78, 5) is 11.4. The average Bonchev–Trinajstić information content (AvgIpc) is 2.33. The molecule has 2 N–H and O–H groups in total. The van der Waals surface area contributed by atoms with Crippen LogP contribution in [-0.2, 0) is 9.53 Å². The topological polar surface area (TPSA) is 58.6 Å². The monoisotopic (exact) mass is 271 g/mol. The van der Waals surface area contributed by atoms with E-state index in [1.807, 2.05) is 0 Å². The molecule has 4 heteroatoms. The zero-order valence-corrected chi connectivity index (χ0v) is 13.1. The summed E-state index contributed by atoms with van der Waals surface area (Å²) in [5.41, 5.74) is -0.183. The summed E-state index contributed by atoms with van der Waals surface area (Å²) in [5.74, 6) is -0.571. The summed E-state index contributed by atoms with van der Waals surface area (Å²) >= 11 is 0. The quantitative estimate of drug-likeness (QED) is 0.806. The van der Waals surface area contributed by atoms with E-state index in [1.165, 1.54) is 0 Å². The highest BCUT2D eigenvalue weighted by Gasteiger charge is 2.46. The molecule has 0 aromatic rings. The summed E-state index contributed by atoms with van der Waals surface area (Å²) in [6, 6.07) is 0.632. The van der Waals surface area contributed by atoms with Gasteiger partial charge in [0.25, 0.3) is 0 Å². The van der Waals surface area contributed by atoms with E-state index in [0.29, 0.717) is 12.0 Å². The fourth-order valence-corrected chi connectivity index (χ4v) is 3.15. The third kappa shape index (κ3) is 3.48. The van der Waals surface area contributed by atoms with Crippen molar-refractivity contribution in [3.63, 3.8) is 0 Å². The van der Waals surface area contributed by atoms with Gasteiger partial charge in [0.1, 0.15) is 0 Å². The van der Waals surface area contributed by atoms with E-state index in [9.17, 15) is 9.90 Å². The molecule has 0 spiro atoms. The summed E-state index contributed by atoms with van der Waals surface area (Å²) < 4.78 is 5.34. The number of carboxylic acids is 1. The molecule has 0 saturated heterocycles. The maximum Gasteiger partial charge on any atom is 0.307 e. The molecule has 0 bridgehead atoms. The molecule has 0 amide bonds. The Labute approximate surface area is 116 Å². The number of ether oxygens (including phenoxy) is 1. The Morgan fingerprint density at radius 2 is 1.95 bits per heavy atom. The van der Waals surface area contributed by atoms with Crippen molar-refractivity contribution < 1.29 is 14.6 Å². The smallest absolute Gasteiger partial charge is 0.307 e. The lowest BCUT2D eigenvalue weighted by Crippen LogP contribution is -2.54. The zero-order valence-electron chi connectivity index (χ0n) is 13.1. The molecule has 1 rings (SSSR count). The Balaban J connectivity index is 2.72. The second kappa shape index (κ2) is 6.23. The van der Waals surface area contributed by atoms with Crippen LogP contribution < -0.4 is 5.32 Å². The lowest BCUT2D eigenvalue weighted by atomic mass is 9.61. The van der Waals surface area contributed by atoms with Crippen LogP contribution in [0.15, 0.2) is 0 Å². The fraction of sp³-hybridized carbons (Fsp3) is 0.933. The van der Waals surface area contributed by atoms with Gasteiger partial charge in [-0.25, -0.2) is 0 Å². The van der Waals surface area contributed by atoms with Crippen molar-refractivity contribution in [3.8, 4) is 0 Å². The van der Waals surface area contributed by atoms with Crippen molar-refractivity contribution in [1.82, 2.24) is 5.32 Å². The number of methoxy groups -OCH3 is 1. The van der Waals surface area contributed by atoms with Gasteiger partial charge in [-0.1, -0.05) is 20.8 Å². The standard InChI is InChI=1S/C15H29NO3/c1-9-13(16-10(2)11(3)19-6)8-7-12(14(17)18)15(9,4)5/h9-13,16H,7-8H2,1-6H3,(H,17,18). The van der Waals surface area contributed by atoms with Crippen LogP contribution in [0.4, 0.5) is 0 Å². The fourth-order valence-electron chi connectivity index (χ4n) is 3.15. The average molecular weight is 271 g/mol. The molecule has 1 aliphatic carbocycles. The highest BCUT2D eigenvalue weighted by Crippen LogP contribution is 2.45. The van der Waals surface area contributed by atoms with Crippen molar-refractivity contribution in [1.29, 1.82) is 0 Å². The van der Waals surface area contributed by atoms with Crippen LogP contribution in [0.5, 0.6) is 0 Å². The van der Waals surface area contributed by atoms with E-state index in [0.717, 1.165) is 12.8 Å². The lowest BCUT2D eigenvalue weighted by Gasteiger charge is -2.47. The highest BCUT2D eigenvalue weighted by molar-refractivity contribution is 5.71. The Morgan fingerprint density at radius 1 is 1.37 bits per heavy atom. The summed E-state index contributed by atoms with van der Waals surface area (Å²) in [6.07, 6.45) is 1.83. The third-order valence-electron chi connectivity index (χ3n) is 5.29. The van der Waals surface area contributed by atoms with Crippen LogP contribution >= 0.6 is 0 Å². The molecular weight excluding hydrogens is 242 g/mol. The molecule has 112 valence electrons. The van der Waals surface area contributed by atoms with Crippen molar-refractivity contribution in [2.24, 2.45) is 17.3 Å². The van der Waals surface area contributed by atoms with Crippen LogP contribution in [0.25, 0.3) is 0 Å². The first-order valence-corrected chi connectivity index (χ1v) is 7.23. The predicted molar refractivity (Wildman–Crippen MR) is 76.2 cm³/mol. The van der Waals surface area contributed by atoms with Crippen molar-refractivity contribution in [2.45, 2.75) is 65.6 Å². The van der Waals surface area contributed by atoms with Crippen molar-refractivity contribution in [2.75, 3.05) is 7.11 Å². The number of carboxylic acid groups (broad SMARTS) is 1. The second-order valence-electron chi connectivity index (χ2n) is 6.58. The van der Waals surface area contributed by atoms with E-state index in [4.69, 9.17) is 4.74 Å². The van der Waals surface area contributed by atoms with Crippen molar-refractivity contribution in [3.05, 3.63) is 0 Å². The first kappa shape index (κ1) is 16.4. The van der Waals surface area contributed by atoms with Gasteiger partial charge >= 0.3 is 5.97 Å². The summed E-state index contributed by atoms with van der Waals surface area (Å²) in [5, 5.41) is 13.0. The summed E-state index contributed by atoms with van der Waals surface area (Å²) in [7, 11) is 1.72. The molecule has 0 aliphatic heterocycles. The van der Waals surface area contributed by atoms with Gasteiger partial charge in [-0.2, -0.15) is 0 Å². The molecule has 0 radical (unpaired) electrons. The number of carbonyl (C=O) groups is 1. The van der Waals surface area contributed by atoms with Crippen molar-refractivity contribution >= 4 is 5.97 Å². The van der Waals surface area contributed by atoms with Crippen LogP contribution in [-0.4, -0.2) is 36.4 Å². The van der Waals surface area contributed by atoms with Gasteiger partial charge in [-0.3, -0.25) is 4.79 Å². The minimum absolute atomic E-state index is 0.160. The molecule has 0 aromatic carbocycles. The number of hydrogen-bond donors (Lipinski definition) is 2. The van der Waals surface area contributed by atoms with E-state index in [1.54, 1.807) is 7.11 Å². The first-order valence-electron chi connectivity index (χ1n) is 7.23. The van der Waals surface area contributed by atoms with Gasteiger partial charge in [0.2, 0.25) is 0 Å². The second-order valence-corrected chi connectivity index (χ2v) is 6.58. The molecule has 19 heavy (non-hydrogen) atoms. The van der Waals surface area contributed by atoms with Gasteiger partial charge in [0, 0.05) is 19.2 Å². The van der Waals surface area contributed by atoms with Gasteiger partial charge in [-0.05, 0) is 38.0 Å². The molecule has 1 aliphatic rings. The molecular formula is C15H29NO3. The van der Waals surface area contributed by atoms with Crippen LogP contribution in [0, 0.1) is 17.3 Å². The van der Waals surface area contributed by atoms with E-state index < -0.39 is 5.97 Å². The maximum absolute atomic E-state index is 11.4. The zero-order chi connectivity index (χ0) is 14.8. The Kier molecular flexibility index (Phi) is 5.39. The number of rotatable bonds is 5. The maximum atomic E-state index is 11.4. The number of aliphatic carboxylic acids is 1. The highest BCUT2D eigenvalue weighted by atomic mass is 16.5. The minimum atomic E-state index is -0.659. The molecule has 1 saturated carbocycles. The third-order valence-corrected chi connectivity index (χ3v) is 5.29. The van der Waals surface area contributed by atoms with Crippen LogP contribution in [0.3, 0.4) is 0 Å². The Morgan fingerprint density at radius 3 is 2.42 bits per heavy atom. The van der Waals surface area contributed by atoms with Gasteiger partial charge in [-0.15, -0.1) is 0 Å². The van der Waals surface area contributed by atoms with Gasteiger partial charge in [0.05, 0.1) is 12.0 Å². The Bertz CT molecular complexity index is 317. The molecule has 1 fully saturated rings. The van der Waals surface area contributed by atoms with Gasteiger partial charge in [0.15, 0.2) is 0 Å². The van der Waals surface area contributed by atoms with E-state index in [2.05, 4.69) is 39.9 Å². The molecule has 5 unspecified atom stereocenters. The van der Waals surface area contributed by atoms with Gasteiger partial charge < -0.3 is 15.2 Å². The largest absolute Gasteiger partial charge is 0.481 e. The van der Waals surface area contributed by atoms with Crippen LogP contribution in [0.1, 0.15) is 47.5 Å². The Hall–Kier alpha value is -0.610. The van der Waals surface area contributed by atoms with Crippen LogP contribution in [0.2, 0.25) is 0 Å². The SMILES string of the molecule is COC(C)C(C)NC1CCC(C(=O)O)C(C)(C)C1C. The summed E-state index contributed by atoms with van der Waals surface area (Å²) in [6.45, 7) is 10.5. The number of nitrogens with one attached hydrogen (secondary N) is 1. The number of hydrogen-bond acceptors (Lipinski definition) is 3. The molecule has 4 nitrogen and oxygen atoms in total. The first-order chi connectivity index (χ1) is 8.71. The van der Waals surface area contributed by atoms with E-state index in [-0.39, 0.29) is 23.5 Å². The predicted octanol–water partition coefficient (Wildman–Crippen LogP) is 2.52.